The maximum atomic E-state index is 6.91. The van der Waals surface area contributed by atoms with E-state index in [0.717, 1.165) is 0 Å². The van der Waals surface area contributed by atoms with Crippen molar-refractivity contribution >= 4 is 23.4 Å². The Morgan fingerprint density at radius 2 is 0.778 bits per heavy atom. The quantitative estimate of drug-likeness (QED) is 0.441. The molecule has 0 saturated carbocycles. The van der Waals surface area contributed by atoms with Crippen LogP contribution in [0.5, 0.6) is 0 Å². The van der Waals surface area contributed by atoms with Gasteiger partial charge in [-0.25, -0.2) is 0 Å². The molecule has 0 aliphatic carbocycles. The molecule has 0 fully saturated rings. The molecule has 0 amide bonds. The van der Waals surface area contributed by atoms with E-state index in [1.165, 1.54) is 21.5 Å². The minimum atomic E-state index is -2.61. The fraction of sp³-hybridized carbons (Fsp3) is 0.0400. The van der Waals surface area contributed by atoms with Crippen molar-refractivity contribution in [3.8, 4) is 0 Å². The summed E-state index contributed by atoms with van der Waals surface area (Å²) < 4.78 is 6.91. The van der Waals surface area contributed by atoms with Crippen LogP contribution in [0.2, 0.25) is 0 Å². The van der Waals surface area contributed by atoms with E-state index in [1.54, 1.807) is 0 Å². The van der Waals surface area contributed by atoms with Gasteiger partial charge in [-0.2, -0.15) is 0 Å². The molecule has 1 nitrogen and oxygen atoms in total. The summed E-state index contributed by atoms with van der Waals surface area (Å²) in [6, 6.07) is 42.5. The van der Waals surface area contributed by atoms with Crippen molar-refractivity contribution in [1.82, 2.24) is 0 Å². The van der Waals surface area contributed by atoms with Gasteiger partial charge in [0.2, 0.25) is 0 Å². The van der Waals surface area contributed by atoms with Crippen molar-refractivity contribution < 1.29 is 4.52 Å². The summed E-state index contributed by atoms with van der Waals surface area (Å²) in [5, 5.41) is 3.79. The Morgan fingerprint density at radius 3 is 1.15 bits per heavy atom. The molecule has 0 unspecified atom stereocenters. The number of hydrogen-bond donors (Lipinski definition) is 0. The molecule has 4 rings (SSSR count). The van der Waals surface area contributed by atoms with Crippen LogP contribution in [-0.4, -0.2) is 0 Å². The van der Waals surface area contributed by atoms with Gasteiger partial charge < -0.3 is 0 Å². The molecule has 4 aromatic carbocycles. The van der Waals surface area contributed by atoms with E-state index < -0.39 is 7.49 Å². The van der Waals surface area contributed by atoms with Crippen molar-refractivity contribution in [2.45, 2.75) is 6.61 Å². The first-order chi connectivity index (χ1) is 13.4. The molecule has 0 aliphatic rings. The zero-order valence-corrected chi connectivity index (χ0v) is 16.2. The fourth-order valence-electron chi connectivity index (χ4n) is 3.53. The Labute approximate surface area is 161 Å². The van der Waals surface area contributed by atoms with Gasteiger partial charge in [-0.05, 0) is 0 Å². The van der Waals surface area contributed by atoms with Crippen LogP contribution >= 0.6 is 7.49 Å². The van der Waals surface area contributed by atoms with Gasteiger partial charge in [-0.15, -0.1) is 0 Å². The Balaban J connectivity index is 1.89. The van der Waals surface area contributed by atoms with Crippen LogP contribution in [-0.2, 0) is 11.1 Å². The maximum absolute atomic E-state index is 6.91. The molecular formula is C25H23OP. The van der Waals surface area contributed by atoms with Crippen molar-refractivity contribution in [2.75, 3.05) is 0 Å². The number of rotatable bonds is 6. The van der Waals surface area contributed by atoms with E-state index in [2.05, 4.69) is 115 Å². The molecule has 27 heavy (non-hydrogen) atoms. The standard InChI is InChI=1S/C25H23OP/c1-5-13-22(14-6-1)21-26-27(23-15-7-2-8-16-23,24-17-9-3-10-18-24)25-19-11-4-12-20-25/h1-20,27H,21H2. The van der Waals surface area contributed by atoms with Gasteiger partial charge in [0.15, 0.2) is 0 Å². The SMILES string of the molecule is c1ccc(CO[PH](c2ccccc2)(c2ccccc2)c2ccccc2)cc1. The van der Waals surface area contributed by atoms with Gasteiger partial charge in [0, 0.05) is 0 Å². The molecule has 0 atom stereocenters. The minimum absolute atomic E-state index is 0.589. The van der Waals surface area contributed by atoms with Crippen molar-refractivity contribution in [3.05, 3.63) is 127 Å². The second-order valence-electron chi connectivity index (χ2n) is 6.55. The summed E-state index contributed by atoms with van der Waals surface area (Å²) >= 11 is 0. The van der Waals surface area contributed by atoms with Gasteiger partial charge in [0.25, 0.3) is 0 Å². The Bertz CT molecular complexity index is 857. The van der Waals surface area contributed by atoms with Crippen LogP contribution in [0.25, 0.3) is 0 Å². The molecule has 0 aliphatic heterocycles. The molecule has 0 spiro atoms. The third-order valence-corrected chi connectivity index (χ3v) is 8.86. The summed E-state index contributed by atoms with van der Waals surface area (Å²) in [7, 11) is -2.61. The van der Waals surface area contributed by atoms with E-state index in [4.69, 9.17) is 4.52 Å². The van der Waals surface area contributed by atoms with Gasteiger partial charge in [-0.3, -0.25) is 0 Å². The fourth-order valence-corrected chi connectivity index (χ4v) is 7.40. The second kappa shape index (κ2) is 8.31. The van der Waals surface area contributed by atoms with Crippen LogP contribution in [0.4, 0.5) is 0 Å². The molecule has 0 radical (unpaired) electrons. The molecule has 134 valence electrons. The zero-order valence-electron chi connectivity index (χ0n) is 15.2. The molecule has 0 saturated heterocycles. The summed E-state index contributed by atoms with van der Waals surface area (Å²) in [6.45, 7) is 0.589. The number of benzene rings is 4. The molecule has 0 aromatic heterocycles. The summed E-state index contributed by atoms with van der Waals surface area (Å²) in [5.41, 5.74) is 1.19. The topological polar surface area (TPSA) is 9.23 Å². The molecular weight excluding hydrogens is 347 g/mol. The molecule has 4 aromatic rings. The average molecular weight is 370 g/mol. The van der Waals surface area contributed by atoms with Crippen LogP contribution in [0.1, 0.15) is 5.56 Å². The van der Waals surface area contributed by atoms with Crippen molar-refractivity contribution in [3.63, 3.8) is 0 Å². The summed E-state index contributed by atoms with van der Waals surface area (Å²) in [6.07, 6.45) is 0. The van der Waals surface area contributed by atoms with Crippen molar-refractivity contribution in [1.29, 1.82) is 0 Å². The predicted octanol–water partition coefficient (Wildman–Crippen LogP) is 4.84. The Kier molecular flexibility index (Phi) is 5.44. The van der Waals surface area contributed by atoms with Gasteiger partial charge >= 0.3 is 161 Å². The first-order valence-corrected chi connectivity index (χ1v) is 11.1. The van der Waals surface area contributed by atoms with E-state index in [0.29, 0.717) is 6.61 Å². The molecule has 0 heterocycles. The van der Waals surface area contributed by atoms with E-state index in [1.807, 2.05) is 6.07 Å². The van der Waals surface area contributed by atoms with Crippen LogP contribution < -0.4 is 15.9 Å². The number of hydrogen-bond acceptors (Lipinski definition) is 1. The van der Waals surface area contributed by atoms with Gasteiger partial charge in [0.05, 0.1) is 0 Å². The first-order valence-electron chi connectivity index (χ1n) is 9.24. The monoisotopic (exact) mass is 370 g/mol. The normalized spacial score (nSPS) is 11.9. The zero-order chi connectivity index (χ0) is 18.4. The molecule has 0 N–H and O–H groups in total. The van der Waals surface area contributed by atoms with Gasteiger partial charge in [-0.1, -0.05) is 0 Å². The Morgan fingerprint density at radius 1 is 0.444 bits per heavy atom. The average Bonchev–Trinajstić information content (AvgIpc) is 2.77. The van der Waals surface area contributed by atoms with E-state index in [9.17, 15) is 0 Å². The molecule has 2 heteroatoms. The second-order valence-corrected chi connectivity index (χ2v) is 9.94. The van der Waals surface area contributed by atoms with Crippen LogP contribution in [0.3, 0.4) is 0 Å². The van der Waals surface area contributed by atoms with E-state index >= 15 is 0 Å². The summed E-state index contributed by atoms with van der Waals surface area (Å²) in [4.78, 5) is 0. The first kappa shape index (κ1) is 17.7. The van der Waals surface area contributed by atoms with Crippen molar-refractivity contribution in [2.24, 2.45) is 0 Å². The third-order valence-electron chi connectivity index (χ3n) is 4.84. The van der Waals surface area contributed by atoms with Crippen LogP contribution in [0, 0.1) is 0 Å². The molecule has 0 bridgehead atoms. The predicted molar refractivity (Wildman–Crippen MR) is 118 cm³/mol. The third kappa shape index (κ3) is 3.71. The van der Waals surface area contributed by atoms with Gasteiger partial charge in [0.1, 0.15) is 0 Å². The Hall–Kier alpha value is -2.73. The van der Waals surface area contributed by atoms with Crippen LogP contribution in [0.15, 0.2) is 121 Å². The summed E-state index contributed by atoms with van der Waals surface area (Å²) in [5.74, 6) is 0. The van der Waals surface area contributed by atoms with E-state index in [-0.39, 0.29) is 0 Å².